The number of aromatic nitrogens is 1. The van der Waals surface area contributed by atoms with Crippen molar-refractivity contribution >= 4 is 10.9 Å². The summed E-state index contributed by atoms with van der Waals surface area (Å²) in [5, 5.41) is 12.3. The van der Waals surface area contributed by atoms with Gasteiger partial charge >= 0.3 is 0 Å². The van der Waals surface area contributed by atoms with E-state index in [1.165, 1.54) is 22.0 Å². The first-order valence-corrected chi connectivity index (χ1v) is 10.7. The highest BCUT2D eigenvalue weighted by Crippen LogP contribution is 2.54. The van der Waals surface area contributed by atoms with Crippen LogP contribution in [0.3, 0.4) is 0 Å². The van der Waals surface area contributed by atoms with E-state index in [1.54, 1.807) is 0 Å². The summed E-state index contributed by atoms with van der Waals surface area (Å²) in [4.78, 5) is 5.24. The Balaban J connectivity index is 1.43. The largest absolute Gasteiger partial charge is 0.392 e. The van der Waals surface area contributed by atoms with Crippen LogP contribution in [0.2, 0.25) is 0 Å². The van der Waals surface area contributed by atoms with E-state index >= 15 is 0 Å². The molecule has 0 unspecified atom stereocenters. The Labute approximate surface area is 172 Å². The smallest absolute Gasteiger partial charge is 0.0908 e. The number of para-hydroxylation sites is 1. The zero-order valence-electron chi connectivity index (χ0n) is 17.3. The summed E-state index contributed by atoms with van der Waals surface area (Å²) < 4.78 is 2.41. The van der Waals surface area contributed by atoms with Crippen LogP contribution in [0, 0.1) is 10.8 Å². The molecule has 1 N–H and O–H groups in total. The van der Waals surface area contributed by atoms with Crippen molar-refractivity contribution in [3.8, 4) is 0 Å². The van der Waals surface area contributed by atoms with E-state index in [4.69, 9.17) is 0 Å². The van der Waals surface area contributed by atoms with E-state index in [1.807, 2.05) is 0 Å². The molecule has 3 aromatic rings. The second-order valence-corrected chi connectivity index (χ2v) is 10.1. The molecule has 4 aliphatic rings. The highest BCUT2D eigenvalue weighted by Gasteiger charge is 2.62. The zero-order chi connectivity index (χ0) is 19.8. The van der Waals surface area contributed by atoms with Gasteiger partial charge in [-0.25, -0.2) is 0 Å². The first-order chi connectivity index (χ1) is 14.0. The molecule has 4 saturated heterocycles. The van der Waals surface area contributed by atoms with Gasteiger partial charge in [-0.1, -0.05) is 62.4 Å². The van der Waals surface area contributed by atoms with E-state index in [0.717, 1.165) is 32.7 Å². The fourth-order valence-electron chi connectivity index (χ4n) is 6.62. The van der Waals surface area contributed by atoms with Crippen molar-refractivity contribution in [3.05, 3.63) is 71.9 Å². The lowest BCUT2D eigenvalue weighted by Crippen LogP contribution is -2.76. The maximum atomic E-state index is 11.0. The molecule has 4 aliphatic heterocycles. The van der Waals surface area contributed by atoms with Crippen LogP contribution in [0.25, 0.3) is 10.9 Å². The molecule has 4 nitrogen and oxygen atoms in total. The number of nitrogens with zero attached hydrogens (tertiary/aromatic N) is 3. The van der Waals surface area contributed by atoms with Crippen molar-refractivity contribution in [3.63, 3.8) is 0 Å². The standard InChI is InChI=1S/C25H29N3O/c1-24-14-27-16-25(2,23(24)29)17-28(15-24)22(27)20-13-26(12-18-8-4-3-5-9-18)21-11-7-6-10-19(20)21/h3-11,13,22-23,29H,12,14-17H2,1-2H3. The van der Waals surface area contributed by atoms with Gasteiger partial charge in [-0.2, -0.15) is 0 Å². The lowest BCUT2D eigenvalue weighted by molar-refractivity contribution is -0.253. The summed E-state index contributed by atoms with van der Waals surface area (Å²) >= 11 is 0. The quantitative estimate of drug-likeness (QED) is 0.744. The van der Waals surface area contributed by atoms with Crippen molar-refractivity contribution in [2.75, 3.05) is 26.2 Å². The van der Waals surface area contributed by atoms with E-state index in [0.29, 0.717) is 6.17 Å². The summed E-state index contributed by atoms with van der Waals surface area (Å²) in [5.74, 6) is 0. The average molecular weight is 388 g/mol. The third kappa shape index (κ3) is 2.49. The summed E-state index contributed by atoms with van der Waals surface area (Å²) in [7, 11) is 0. The average Bonchev–Trinajstić information content (AvgIpc) is 3.04. The van der Waals surface area contributed by atoms with Crippen LogP contribution in [-0.2, 0) is 6.54 Å². The SMILES string of the molecule is CC12CN3CC(C)(CN(C1)C3c1cn(Cc3ccccc3)c3ccccc13)C2O. The number of hydrogen-bond acceptors (Lipinski definition) is 3. The number of fused-ring (bicyclic) bond motifs is 1. The van der Waals surface area contributed by atoms with E-state index in [9.17, 15) is 5.11 Å². The van der Waals surface area contributed by atoms with Crippen LogP contribution in [0.15, 0.2) is 60.8 Å². The van der Waals surface area contributed by atoms with Crippen LogP contribution in [0.1, 0.15) is 31.1 Å². The first kappa shape index (κ1) is 17.7. The minimum atomic E-state index is -0.206. The predicted octanol–water partition coefficient (Wildman–Crippen LogP) is 3.71. The molecule has 29 heavy (non-hydrogen) atoms. The number of aliphatic hydroxyl groups is 1. The molecule has 0 spiro atoms. The van der Waals surface area contributed by atoms with Gasteiger partial charge in [0, 0.05) is 66.2 Å². The Kier molecular flexibility index (Phi) is 3.63. The maximum Gasteiger partial charge on any atom is 0.0908 e. The molecule has 2 aromatic carbocycles. The second-order valence-electron chi connectivity index (χ2n) is 10.1. The topological polar surface area (TPSA) is 31.6 Å². The summed E-state index contributed by atoms with van der Waals surface area (Å²) in [5.41, 5.74) is 4.00. The molecule has 150 valence electrons. The Morgan fingerprint density at radius 1 is 0.862 bits per heavy atom. The van der Waals surface area contributed by atoms with Crippen LogP contribution in [-0.4, -0.2) is 51.8 Å². The van der Waals surface area contributed by atoms with Gasteiger partial charge in [-0.3, -0.25) is 9.80 Å². The third-order valence-electron chi connectivity index (χ3n) is 7.56. The van der Waals surface area contributed by atoms with Crippen molar-refractivity contribution in [2.24, 2.45) is 10.8 Å². The molecule has 0 radical (unpaired) electrons. The Bertz CT molecular complexity index is 1030. The molecule has 4 bridgehead atoms. The molecule has 4 fully saturated rings. The van der Waals surface area contributed by atoms with Gasteiger partial charge in [0.05, 0.1) is 12.3 Å². The molecule has 0 amide bonds. The van der Waals surface area contributed by atoms with Crippen molar-refractivity contribution < 1.29 is 5.11 Å². The molecule has 0 saturated carbocycles. The van der Waals surface area contributed by atoms with Crippen LogP contribution in [0.4, 0.5) is 0 Å². The Morgan fingerprint density at radius 2 is 1.45 bits per heavy atom. The van der Waals surface area contributed by atoms with Crippen LogP contribution >= 0.6 is 0 Å². The second kappa shape index (κ2) is 5.94. The van der Waals surface area contributed by atoms with Gasteiger partial charge in [0.15, 0.2) is 0 Å². The van der Waals surface area contributed by atoms with E-state index in [-0.39, 0.29) is 16.9 Å². The van der Waals surface area contributed by atoms with Gasteiger partial charge in [0.1, 0.15) is 0 Å². The van der Waals surface area contributed by atoms with E-state index in [2.05, 4.69) is 89.0 Å². The molecular formula is C25H29N3O. The lowest BCUT2D eigenvalue weighted by atomic mass is 9.60. The summed E-state index contributed by atoms with van der Waals surface area (Å²) in [6, 6.07) is 19.5. The summed E-state index contributed by atoms with van der Waals surface area (Å²) in [6.45, 7) is 9.33. The first-order valence-electron chi connectivity index (χ1n) is 10.7. The molecule has 0 atom stereocenters. The molecule has 4 heteroatoms. The van der Waals surface area contributed by atoms with Crippen LogP contribution < -0.4 is 0 Å². The zero-order valence-corrected chi connectivity index (χ0v) is 17.3. The Morgan fingerprint density at radius 3 is 2.10 bits per heavy atom. The Hall–Kier alpha value is -2.14. The normalized spacial score (nSPS) is 38.0. The fourth-order valence-corrected chi connectivity index (χ4v) is 6.62. The van der Waals surface area contributed by atoms with Gasteiger partial charge < -0.3 is 9.67 Å². The minimum Gasteiger partial charge on any atom is -0.392 e. The molecule has 0 aliphatic carbocycles. The number of piperidine rings is 2. The predicted molar refractivity (Wildman–Crippen MR) is 116 cm³/mol. The minimum absolute atomic E-state index is 0.0237. The molecule has 5 heterocycles. The number of aliphatic hydroxyl groups excluding tert-OH is 1. The van der Waals surface area contributed by atoms with Gasteiger partial charge in [-0.15, -0.1) is 0 Å². The van der Waals surface area contributed by atoms with Gasteiger partial charge in [-0.05, 0) is 11.6 Å². The highest BCUT2D eigenvalue weighted by molar-refractivity contribution is 5.84. The fraction of sp³-hybridized carbons (Fsp3) is 0.440. The third-order valence-corrected chi connectivity index (χ3v) is 7.56. The molecule has 1 aromatic heterocycles. The molecule has 7 rings (SSSR count). The maximum absolute atomic E-state index is 11.0. The van der Waals surface area contributed by atoms with E-state index < -0.39 is 0 Å². The van der Waals surface area contributed by atoms with Crippen molar-refractivity contribution in [1.29, 1.82) is 0 Å². The number of rotatable bonds is 3. The van der Waals surface area contributed by atoms with Crippen molar-refractivity contribution in [1.82, 2.24) is 14.4 Å². The van der Waals surface area contributed by atoms with Crippen LogP contribution in [0.5, 0.6) is 0 Å². The summed E-state index contributed by atoms with van der Waals surface area (Å²) in [6.07, 6.45) is 2.49. The van der Waals surface area contributed by atoms with Crippen molar-refractivity contribution in [2.45, 2.75) is 32.7 Å². The molecular weight excluding hydrogens is 358 g/mol. The lowest BCUT2D eigenvalue weighted by Gasteiger charge is -2.68. The van der Waals surface area contributed by atoms with Gasteiger partial charge in [0.2, 0.25) is 0 Å². The van der Waals surface area contributed by atoms with Gasteiger partial charge in [0.25, 0.3) is 0 Å². The number of benzene rings is 2. The highest BCUT2D eigenvalue weighted by atomic mass is 16.3. The number of hydrogen-bond donors (Lipinski definition) is 1. The monoisotopic (exact) mass is 387 g/mol.